The molecule has 0 unspecified atom stereocenters. The van der Waals surface area contributed by atoms with Crippen LogP contribution in [-0.2, 0) is 9.53 Å². The lowest BCUT2D eigenvalue weighted by Crippen LogP contribution is -2.37. The number of rotatable bonds is 3. The van der Waals surface area contributed by atoms with Gasteiger partial charge in [0.05, 0.1) is 19.2 Å². The first-order valence-corrected chi connectivity index (χ1v) is 6.01. The highest BCUT2D eigenvalue weighted by molar-refractivity contribution is 8.00. The van der Waals surface area contributed by atoms with Crippen molar-refractivity contribution in [3.63, 3.8) is 0 Å². The van der Waals surface area contributed by atoms with E-state index in [0.717, 1.165) is 12.2 Å². The van der Waals surface area contributed by atoms with Crippen LogP contribution in [0.4, 0.5) is 4.79 Å². The molecule has 84 valence electrons. The van der Waals surface area contributed by atoms with Gasteiger partial charge in [-0.25, -0.2) is 4.79 Å². The average molecular weight is 230 g/mol. The van der Waals surface area contributed by atoms with Crippen LogP contribution in [0.25, 0.3) is 0 Å². The van der Waals surface area contributed by atoms with Crippen LogP contribution in [0.3, 0.4) is 0 Å². The van der Waals surface area contributed by atoms with Gasteiger partial charge >= 0.3 is 12.0 Å². The first kappa shape index (κ1) is 10.6. The minimum atomic E-state index is -0.184. The summed E-state index contributed by atoms with van der Waals surface area (Å²) in [6, 6.07) is 0.311. The topological polar surface area (TPSA) is 67.4 Å². The molecule has 0 saturated carbocycles. The van der Waals surface area contributed by atoms with E-state index in [1.165, 1.54) is 7.11 Å². The fourth-order valence-electron chi connectivity index (χ4n) is 2.01. The number of ether oxygens (including phenoxy) is 1. The Kier molecular flexibility index (Phi) is 3.04. The lowest BCUT2D eigenvalue weighted by atomic mass is 10.0. The van der Waals surface area contributed by atoms with Crippen molar-refractivity contribution in [2.75, 3.05) is 12.9 Å². The van der Waals surface area contributed by atoms with Crippen molar-refractivity contribution in [1.29, 1.82) is 0 Å². The summed E-state index contributed by atoms with van der Waals surface area (Å²) < 4.78 is 4.59. The second-order valence-corrected chi connectivity index (χ2v) is 5.01. The van der Waals surface area contributed by atoms with E-state index in [-0.39, 0.29) is 24.1 Å². The third kappa shape index (κ3) is 2.19. The predicted molar refractivity (Wildman–Crippen MR) is 56.7 cm³/mol. The molecular formula is C9H14N2O3S. The maximum Gasteiger partial charge on any atom is 0.315 e. The van der Waals surface area contributed by atoms with Crippen LogP contribution < -0.4 is 10.6 Å². The van der Waals surface area contributed by atoms with E-state index in [1.54, 1.807) is 11.8 Å². The highest BCUT2D eigenvalue weighted by Crippen LogP contribution is 2.32. The van der Waals surface area contributed by atoms with E-state index in [4.69, 9.17) is 0 Å². The molecule has 15 heavy (non-hydrogen) atoms. The first-order chi connectivity index (χ1) is 7.20. The number of fused-ring (bicyclic) bond motifs is 1. The normalized spacial score (nSPS) is 33.1. The summed E-state index contributed by atoms with van der Waals surface area (Å²) in [5.74, 6) is 0.742. The zero-order valence-electron chi connectivity index (χ0n) is 8.49. The van der Waals surface area contributed by atoms with E-state index in [9.17, 15) is 9.59 Å². The summed E-state index contributed by atoms with van der Waals surface area (Å²) in [6.07, 6.45) is 1.19. The molecule has 3 atom stereocenters. The number of urea groups is 1. The van der Waals surface area contributed by atoms with E-state index < -0.39 is 0 Å². The lowest BCUT2D eigenvalue weighted by molar-refractivity contribution is -0.140. The number of hydrogen-bond donors (Lipinski definition) is 2. The van der Waals surface area contributed by atoms with Gasteiger partial charge in [-0.05, 0) is 6.42 Å². The predicted octanol–water partition coefficient (Wildman–Crippen LogP) is 0.105. The van der Waals surface area contributed by atoms with Crippen molar-refractivity contribution in [2.45, 2.75) is 30.2 Å². The molecule has 6 heteroatoms. The Balaban J connectivity index is 1.84. The molecule has 0 bridgehead atoms. The number of hydrogen-bond acceptors (Lipinski definition) is 4. The Bertz CT molecular complexity index is 285. The number of nitrogens with one attached hydrogen (secondary N) is 2. The zero-order valence-corrected chi connectivity index (χ0v) is 9.30. The van der Waals surface area contributed by atoms with Crippen LogP contribution in [0.2, 0.25) is 0 Å². The Hall–Kier alpha value is -0.910. The third-order valence-electron chi connectivity index (χ3n) is 2.80. The van der Waals surface area contributed by atoms with Gasteiger partial charge in [0.25, 0.3) is 0 Å². The van der Waals surface area contributed by atoms with Crippen LogP contribution in [0, 0.1) is 0 Å². The van der Waals surface area contributed by atoms with Crippen molar-refractivity contribution >= 4 is 23.8 Å². The van der Waals surface area contributed by atoms with E-state index in [1.807, 2.05) is 0 Å². The standard InChI is InChI=1S/C9H14N2O3S/c1-14-7(12)3-2-6-8-5(4-15-6)10-9(13)11-8/h5-6,8H,2-4H2,1H3,(H2,10,11,13)/t5-,6-,8-/m0/s1. The molecule has 0 aromatic heterocycles. The van der Waals surface area contributed by atoms with E-state index in [2.05, 4.69) is 15.4 Å². The second-order valence-electron chi connectivity index (χ2n) is 3.74. The van der Waals surface area contributed by atoms with Crippen LogP contribution in [0.5, 0.6) is 0 Å². The highest BCUT2D eigenvalue weighted by atomic mass is 32.2. The smallest absolute Gasteiger partial charge is 0.315 e. The van der Waals surface area contributed by atoms with Gasteiger partial charge in [0, 0.05) is 17.4 Å². The molecule has 0 aromatic rings. The van der Waals surface area contributed by atoms with Crippen molar-refractivity contribution in [3.8, 4) is 0 Å². The number of carbonyl (C=O) groups is 2. The van der Waals surface area contributed by atoms with E-state index in [0.29, 0.717) is 11.7 Å². The fourth-order valence-corrected chi connectivity index (χ4v) is 3.50. The van der Waals surface area contributed by atoms with Crippen LogP contribution in [-0.4, -0.2) is 42.2 Å². The van der Waals surface area contributed by atoms with Gasteiger partial charge in [-0.2, -0.15) is 11.8 Å². The molecule has 2 rings (SSSR count). The molecule has 2 saturated heterocycles. The molecular weight excluding hydrogens is 216 g/mol. The van der Waals surface area contributed by atoms with Crippen molar-refractivity contribution < 1.29 is 14.3 Å². The third-order valence-corrected chi connectivity index (χ3v) is 4.31. The van der Waals surface area contributed by atoms with Crippen molar-refractivity contribution in [2.24, 2.45) is 0 Å². The van der Waals surface area contributed by atoms with Gasteiger partial charge in [-0.3, -0.25) is 4.79 Å². The minimum absolute atomic E-state index is 0.0895. The Labute approximate surface area is 92.3 Å². The summed E-state index contributed by atoms with van der Waals surface area (Å²) in [5.41, 5.74) is 0. The van der Waals surface area contributed by atoms with Gasteiger partial charge < -0.3 is 15.4 Å². The van der Waals surface area contributed by atoms with Gasteiger partial charge in [-0.1, -0.05) is 0 Å². The largest absolute Gasteiger partial charge is 0.469 e. The molecule has 2 fully saturated rings. The maximum absolute atomic E-state index is 11.1. The molecule has 2 heterocycles. The quantitative estimate of drug-likeness (QED) is 0.533. The van der Waals surface area contributed by atoms with Crippen LogP contribution >= 0.6 is 11.8 Å². The molecule has 2 N–H and O–H groups in total. The number of esters is 1. The number of methoxy groups -OCH3 is 1. The molecule has 2 aliphatic rings. The first-order valence-electron chi connectivity index (χ1n) is 4.96. The number of amides is 2. The summed E-state index contributed by atoms with van der Waals surface area (Å²) >= 11 is 1.80. The van der Waals surface area contributed by atoms with Crippen LogP contribution in [0.1, 0.15) is 12.8 Å². The van der Waals surface area contributed by atoms with Gasteiger partial charge in [0.1, 0.15) is 0 Å². The van der Waals surface area contributed by atoms with Gasteiger partial charge in [-0.15, -0.1) is 0 Å². The summed E-state index contributed by atoms with van der Waals surface area (Å²) in [7, 11) is 1.39. The van der Waals surface area contributed by atoms with Crippen molar-refractivity contribution in [3.05, 3.63) is 0 Å². The average Bonchev–Trinajstić information content (AvgIpc) is 2.73. The molecule has 5 nitrogen and oxygen atoms in total. The zero-order chi connectivity index (χ0) is 10.8. The SMILES string of the molecule is COC(=O)CC[C@@H]1SC[C@@H]2NC(=O)N[C@@H]21. The summed E-state index contributed by atoms with van der Waals surface area (Å²) in [6.45, 7) is 0. The number of carbonyl (C=O) groups excluding carboxylic acids is 2. The van der Waals surface area contributed by atoms with E-state index >= 15 is 0 Å². The van der Waals surface area contributed by atoms with Gasteiger partial charge in [0.15, 0.2) is 0 Å². The molecule has 0 spiro atoms. The van der Waals surface area contributed by atoms with Crippen LogP contribution in [0.15, 0.2) is 0 Å². The monoisotopic (exact) mass is 230 g/mol. The summed E-state index contributed by atoms with van der Waals surface area (Å²) in [5, 5.41) is 6.07. The molecule has 2 amide bonds. The molecule has 2 aliphatic heterocycles. The Morgan fingerprint density at radius 2 is 2.40 bits per heavy atom. The summed E-state index contributed by atoms with van der Waals surface area (Å²) in [4.78, 5) is 22.1. The Morgan fingerprint density at radius 1 is 1.60 bits per heavy atom. The molecule has 0 aromatic carbocycles. The Morgan fingerprint density at radius 3 is 3.13 bits per heavy atom. The highest BCUT2D eigenvalue weighted by Gasteiger charge is 2.42. The maximum atomic E-state index is 11.1. The second kappa shape index (κ2) is 4.30. The molecule has 0 radical (unpaired) electrons. The number of thioether (sulfide) groups is 1. The molecule has 0 aliphatic carbocycles. The lowest BCUT2D eigenvalue weighted by Gasteiger charge is -2.15. The minimum Gasteiger partial charge on any atom is -0.469 e. The van der Waals surface area contributed by atoms with Gasteiger partial charge in [0.2, 0.25) is 0 Å². The van der Waals surface area contributed by atoms with Crippen molar-refractivity contribution in [1.82, 2.24) is 10.6 Å². The fraction of sp³-hybridized carbons (Fsp3) is 0.778.